The number of aromatic nitrogens is 4. The van der Waals surface area contributed by atoms with Crippen molar-refractivity contribution in [3.05, 3.63) is 34.3 Å². The van der Waals surface area contributed by atoms with E-state index in [4.69, 9.17) is 5.73 Å². The van der Waals surface area contributed by atoms with Crippen molar-refractivity contribution in [3.8, 4) is 0 Å². The first-order chi connectivity index (χ1) is 8.99. The molecule has 0 aliphatic heterocycles. The van der Waals surface area contributed by atoms with E-state index in [0.717, 1.165) is 12.3 Å². The number of carbonyl (C=O) groups is 1. The van der Waals surface area contributed by atoms with Gasteiger partial charge < -0.3 is 5.73 Å². The van der Waals surface area contributed by atoms with Crippen LogP contribution in [-0.4, -0.2) is 30.6 Å². The Balaban J connectivity index is 2.36. The second kappa shape index (κ2) is 4.68. The Bertz CT molecular complexity index is 651. The van der Waals surface area contributed by atoms with Crippen molar-refractivity contribution < 1.29 is 9.72 Å². The number of nitrogen functional groups attached to an aromatic ring is 1. The van der Waals surface area contributed by atoms with E-state index in [9.17, 15) is 14.9 Å². The van der Waals surface area contributed by atoms with Gasteiger partial charge >= 0.3 is 0 Å². The lowest BCUT2D eigenvalue weighted by Gasteiger charge is -2.05. The van der Waals surface area contributed by atoms with Crippen molar-refractivity contribution in [1.82, 2.24) is 19.7 Å². The van der Waals surface area contributed by atoms with E-state index >= 15 is 0 Å². The van der Waals surface area contributed by atoms with Crippen molar-refractivity contribution in [2.75, 3.05) is 11.1 Å². The Morgan fingerprint density at radius 3 is 2.84 bits per heavy atom. The molecule has 0 saturated heterocycles. The van der Waals surface area contributed by atoms with Crippen LogP contribution in [0.25, 0.3) is 0 Å². The fraction of sp³-hybridized carbons (Fsp3) is 0.111. The first kappa shape index (κ1) is 12.4. The number of pyridine rings is 1. The molecule has 2 heterocycles. The molecule has 0 aliphatic rings. The summed E-state index contributed by atoms with van der Waals surface area (Å²) in [7, 11) is 1.57. The number of rotatable bonds is 3. The molecule has 0 atom stereocenters. The van der Waals surface area contributed by atoms with Gasteiger partial charge in [0.2, 0.25) is 5.95 Å². The number of hydrogen-bond acceptors (Lipinski definition) is 7. The zero-order chi connectivity index (χ0) is 14.0. The van der Waals surface area contributed by atoms with Gasteiger partial charge in [-0.3, -0.25) is 20.2 Å². The molecule has 19 heavy (non-hydrogen) atoms. The average molecular weight is 263 g/mol. The van der Waals surface area contributed by atoms with Gasteiger partial charge in [0.05, 0.1) is 4.92 Å². The van der Waals surface area contributed by atoms with E-state index in [2.05, 4.69) is 20.4 Å². The Morgan fingerprint density at radius 2 is 2.26 bits per heavy atom. The fourth-order valence-electron chi connectivity index (χ4n) is 1.37. The molecule has 2 aromatic heterocycles. The smallest absolute Gasteiger partial charge is 0.300 e. The molecule has 10 nitrogen and oxygen atoms in total. The normalized spacial score (nSPS) is 10.2. The lowest BCUT2D eigenvalue weighted by atomic mass is 10.2. The third-order valence-electron chi connectivity index (χ3n) is 2.28. The Labute approximate surface area is 106 Å². The summed E-state index contributed by atoms with van der Waals surface area (Å²) in [6.07, 6.45) is 2.17. The molecule has 2 aromatic rings. The van der Waals surface area contributed by atoms with E-state index in [0.29, 0.717) is 0 Å². The van der Waals surface area contributed by atoms with Crippen LogP contribution in [0.5, 0.6) is 0 Å². The molecule has 0 unspecified atom stereocenters. The predicted octanol–water partition coefficient (Wildman–Crippen LogP) is -0.0472. The second-order valence-electron chi connectivity index (χ2n) is 3.54. The SMILES string of the molecule is Cn1ncnc1NC(=O)c1cc(N)ncc1[N+](=O)[O-]. The summed E-state index contributed by atoms with van der Waals surface area (Å²) in [6.45, 7) is 0. The van der Waals surface area contributed by atoms with Crippen LogP contribution in [0.15, 0.2) is 18.6 Å². The minimum Gasteiger partial charge on any atom is -0.384 e. The van der Waals surface area contributed by atoms with Crippen LogP contribution in [0.2, 0.25) is 0 Å². The van der Waals surface area contributed by atoms with E-state index in [-0.39, 0.29) is 17.3 Å². The number of anilines is 2. The number of aryl methyl sites for hydroxylation is 1. The second-order valence-corrected chi connectivity index (χ2v) is 3.54. The third-order valence-corrected chi connectivity index (χ3v) is 2.28. The van der Waals surface area contributed by atoms with Gasteiger partial charge in [0, 0.05) is 7.05 Å². The summed E-state index contributed by atoms with van der Waals surface area (Å²) in [6, 6.07) is 1.13. The van der Waals surface area contributed by atoms with Crippen LogP contribution in [0.3, 0.4) is 0 Å². The number of nitro groups is 1. The van der Waals surface area contributed by atoms with Gasteiger partial charge in [-0.1, -0.05) is 0 Å². The monoisotopic (exact) mass is 263 g/mol. The van der Waals surface area contributed by atoms with Crippen LogP contribution >= 0.6 is 0 Å². The Morgan fingerprint density at radius 1 is 1.53 bits per heavy atom. The van der Waals surface area contributed by atoms with Gasteiger partial charge in [-0.2, -0.15) is 10.1 Å². The molecule has 2 rings (SSSR count). The average Bonchev–Trinajstić information content (AvgIpc) is 2.74. The highest BCUT2D eigenvalue weighted by Gasteiger charge is 2.22. The maximum Gasteiger partial charge on any atom is 0.300 e. The summed E-state index contributed by atoms with van der Waals surface area (Å²) in [5.41, 5.74) is 4.79. The maximum atomic E-state index is 12.0. The number of carbonyl (C=O) groups excluding carboxylic acids is 1. The molecule has 10 heteroatoms. The summed E-state index contributed by atoms with van der Waals surface area (Å²) >= 11 is 0. The number of nitrogens with one attached hydrogen (secondary N) is 1. The molecule has 3 N–H and O–H groups in total. The van der Waals surface area contributed by atoms with Crippen molar-refractivity contribution in [2.45, 2.75) is 0 Å². The molecule has 0 fully saturated rings. The predicted molar refractivity (Wildman–Crippen MR) is 64.3 cm³/mol. The van der Waals surface area contributed by atoms with E-state index < -0.39 is 16.5 Å². The molecule has 0 spiro atoms. The Hall–Kier alpha value is -3.04. The number of hydrogen-bond donors (Lipinski definition) is 2. The van der Waals surface area contributed by atoms with Crippen LogP contribution in [0.4, 0.5) is 17.5 Å². The molecule has 0 radical (unpaired) electrons. The Kier molecular flexibility index (Phi) is 3.06. The highest BCUT2D eigenvalue weighted by atomic mass is 16.6. The largest absolute Gasteiger partial charge is 0.384 e. The number of nitrogens with zero attached hydrogens (tertiary/aromatic N) is 5. The van der Waals surface area contributed by atoms with Crippen LogP contribution in [0, 0.1) is 10.1 Å². The van der Waals surface area contributed by atoms with Crippen molar-refractivity contribution in [1.29, 1.82) is 0 Å². The summed E-state index contributed by atoms with van der Waals surface area (Å²) in [4.78, 5) is 29.4. The molecule has 98 valence electrons. The molecular weight excluding hydrogens is 254 g/mol. The zero-order valence-electron chi connectivity index (χ0n) is 9.77. The molecule has 0 saturated carbocycles. The van der Waals surface area contributed by atoms with Crippen LogP contribution in [0.1, 0.15) is 10.4 Å². The molecule has 0 aromatic carbocycles. The van der Waals surface area contributed by atoms with Crippen molar-refractivity contribution in [2.24, 2.45) is 7.05 Å². The number of nitrogens with two attached hydrogens (primary N) is 1. The van der Waals surface area contributed by atoms with Crippen molar-refractivity contribution >= 4 is 23.4 Å². The maximum absolute atomic E-state index is 12.0. The standard InChI is InChI=1S/C9H9N7O3/c1-15-9(12-4-13-15)14-8(17)5-2-7(10)11-3-6(5)16(18)19/h2-4H,1H3,(H2,10,11)(H,12,13,14,17). The summed E-state index contributed by atoms with van der Waals surface area (Å²) < 4.78 is 1.31. The van der Waals surface area contributed by atoms with E-state index in [1.54, 1.807) is 7.05 Å². The zero-order valence-corrected chi connectivity index (χ0v) is 9.77. The van der Waals surface area contributed by atoms with E-state index in [1.165, 1.54) is 11.0 Å². The van der Waals surface area contributed by atoms with Gasteiger partial charge in [-0.25, -0.2) is 9.67 Å². The van der Waals surface area contributed by atoms with Gasteiger partial charge in [0.15, 0.2) is 0 Å². The third kappa shape index (κ3) is 2.46. The minimum absolute atomic E-state index is 0.00807. The highest BCUT2D eigenvalue weighted by Crippen LogP contribution is 2.19. The lowest BCUT2D eigenvalue weighted by molar-refractivity contribution is -0.385. The first-order valence-electron chi connectivity index (χ1n) is 5.04. The van der Waals surface area contributed by atoms with Gasteiger partial charge in [-0.05, 0) is 6.07 Å². The molecular formula is C9H9N7O3. The topological polar surface area (TPSA) is 142 Å². The minimum atomic E-state index is -0.711. The van der Waals surface area contributed by atoms with E-state index in [1.807, 2.05) is 0 Å². The molecule has 0 aliphatic carbocycles. The molecule has 1 amide bonds. The van der Waals surface area contributed by atoms with Crippen LogP contribution in [-0.2, 0) is 7.05 Å². The van der Waals surface area contributed by atoms with Gasteiger partial charge in [0.1, 0.15) is 23.9 Å². The van der Waals surface area contributed by atoms with Crippen molar-refractivity contribution in [3.63, 3.8) is 0 Å². The lowest BCUT2D eigenvalue weighted by Crippen LogP contribution is -2.17. The first-order valence-corrected chi connectivity index (χ1v) is 5.04. The van der Waals surface area contributed by atoms with Crippen LogP contribution < -0.4 is 11.1 Å². The summed E-state index contributed by atoms with van der Waals surface area (Å²) in [5.74, 6) is -0.541. The van der Waals surface area contributed by atoms with Gasteiger partial charge in [0.25, 0.3) is 11.6 Å². The number of amides is 1. The van der Waals surface area contributed by atoms with Gasteiger partial charge in [-0.15, -0.1) is 0 Å². The summed E-state index contributed by atoms with van der Waals surface area (Å²) in [5, 5.41) is 17.0. The fourth-order valence-corrected chi connectivity index (χ4v) is 1.37. The highest BCUT2D eigenvalue weighted by molar-refractivity contribution is 6.06. The quantitative estimate of drug-likeness (QED) is 0.583. The molecule has 0 bridgehead atoms.